The van der Waals surface area contributed by atoms with E-state index in [-0.39, 0.29) is 18.1 Å². The number of esters is 1. The maximum atomic E-state index is 12.5. The highest BCUT2D eigenvalue weighted by Crippen LogP contribution is 2.38. The van der Waals surface area contributed by atoms with Gasteiger partial charge < -0.3 is 14.2 Å². The molecule has 9 heteroatoms. The van der Waals surface area contributed by atoms with E-state index in [0.717, 1.165) is 29.5 Å². The minimum atomic E-state index is -0.596. The predicted molar refractivity (Wildman–Crippen MR) is 106 cm³/mol. The number of carbonyl (C=O) groups excluding carboxylic acids is 3. The zero-order valence-corrected chi connectivity index (χ0v) is 17.6. The Morgan fingerprint density at radius 2 is 2.00 bits per heavy atom. The fourth-order valence-corrected chi connectivity index (χ4v) is 3.77. The van der Waals surface area contributed by atoms with Crippen molar-refractivity contribution in [2.75, 3.05) is 27.4 Å². The van der Waals surface area contributed by atoms with Crippen LogP contribution in [-0.4, -0.2) is 49.4 Å². The predicted octanol–water partition coefficient (Wildman–Crippen LogP) is 3.85. The van der Waals surface area contributed by atoms with Crippen LogP contribution >= 0.6 is 27.7 Å². The van der Waals surface area contributed by atoms with Gasteiger partial charge in [0.15, 0.2) is 11.5 Å². The molecule has 1 fully saturated rings. The Labute approximate surface area is 170 Å². The van der Waals surface area contributed by atoms with Crippen molar-refractivity contribution in [1.29, 1.82) is 0 Å². The number of rotatable bonds is 8. The molecule has 27 heavy (non-hydrogen) atoms. The van der Waals surface area contributed by atoms with Crippen LogP contribution < -0.4 is 9.47 Å². The van der Waals surface area contributed by atoms with Crippen molar-refractivity contribution < 1.29 is 28.6 Å². The van der Waals surface area contributed by atoms with Crippen LogP contribution in [0.3, 0.4) is 0 Å². The molecule has 0 atom stereocenters. The van der Waals surface area contributed by atoms with Crippen LogP contribution in [0.1, 0.15) is 25.3 Å². The third-order valence-electron chi connectivity index (χ3n) is 3.68. The van der Waals surface area contributed by atoms with Crippen LogP contribution in [0.4, 0.5) is 4.79 Å². The smallest absolute Gasteiger partial charge is 0.326 e. The second-order valence-electron chi connectivity index (χ2n) is 5.58. The zero-order chi connectivity index (χ0) is 20.0. The van der Waals surface area contributed by atoms with Crippen LogP contribution in [0.5, 0.6) is 11.5 Å². The first-order chi connectivity index (χ1) is 12.9. The third kappa shape index (κ3) is 5.26. The second kappa shape index (κ2) is 9.80. The Morgan fingerprint density at radius 3 is 2.63 bits per heavy atom. The lowest BCUT2D eigenvalue weighted by Gasteiger charge is -2.12. The molecule has 0 aliphatic carbocycles. The fourth-order valence-electron chi connectivity index (χ4n) is 2.31. The number of unbranched alkanes of at least 4 members (excludes halogenated alkanes) is 1. The van der Waals surface area contributed by atoms with E-state index in [1.54, 1.807) is 18.2 Å². The molecule has 0 radical (unpaired) electrons. The lowest BCUT2D eigenvalue weighted by molar-refractivity contribution is -0.146. The number of methoxy groups -OCH3 is 2. The van der Waals surface area contributed by atoms with Gasteiger partial charge in [-0.2, -0.15) is 0 Å². The minimum Gasteiger partial charge on any atom is -0.493 e. The van der Waals surface area contributed by atoms with E-state index in [2.05, 4.69) is 15.9 Å². The van der Waals surface area contributed by atoms with Crippen molar-refractivity contribution >= 4 is 50.9 Å². The summed E-state index contributed by atoms with van der Waals surface area (Å²) >= 11 is 4.16. The zero-order valence-electron chi connectivity index (χ0n) is 15.2. The van der Waals surface area contributed by atoms with E-state index < -0.39 is 17.1 Å². The molecule has 146 valence electrons. The van der Waals surface area contributed by atoms with E-state index in [9.17, 15) is 14.4 Å². The van der Waals surface area contributed by atoms with Crippen LogP contribution in [-0.2, 0) is 14.3 Å². The average molecular weight is 458 g/mol. The van der Waals surface area contributed by atoms with Gasteiger partial charge in [-0.1, -0.05) is 13.3 Å². The Balaban J connectivity index is 2.16. The molecule has 1 aliphatic heterocycles. The van der Waals surface area contributed by atoms with Crippen LogP contribution in [0.2, 0.25) is 0 Å². The topological polar surface area (TPSA) is 82.1 Å². The largest absolute Gasteiger partial charge is 0.493 e. The number of benzene rings is 1. The first kappa shape index (κ1) is 21.3. The molecule has 1 aromatic rings. The van der Waals surface area contributed by atoms with E-state index in [4.69, 9.17) is 14.2 Å². The number of amides is 2. The van der Waals surface area contributed by atoms with Gasteiger partial charge in [-0.05, 0) is 57.9 Å². The second-order valence-corrected chi connectivity index (χ2v) is 7.43. The number of hydrogen-bond acceptors (Lipinski definition) is 7. The lowest BCUT2D eigenvalue weighted by Crippen LogP contribution is -2.34. The Hall–Kier alpha value is -2.00. The number of ether oxygens (including phenoxy) is 3. The van der Waals surface area contributed by atoms with Crippen molar-refractivity contribution in [1.82, 2.24) is 4.90 Å². The van der Waals surface area contributed by atoms with E-state index in [1.807, 2.05) is 6.92 Å². The van der Waals surface area contributed by atoms with Gasteiger partial charge in [-0.3, -0.25) is 19.3 Å². The highest BCUT2D eigenvalue weighted by Gasteiger charge is 2.36. The number of thioether (sulfide) groups is 1. The first-order valence-corrected chi connectivity index (χ1v) is 9.84. The quantitative estimate of drug-likeness (QED) is 0.333. The standard InChI is InChI=1S/C18H20BrNO6S/c1-4-5-6-26-15(21)10-20-17(22)14(27-18(20)23)9-11-7-12(19)16(25-3)13(8-11)24-2/h7-9H,4-6,10H2,1-3H3/b14-9+. The molecular formula is C18H20BrNO6S. The van der Waals surface area contributed by atoms with Crippen molar-refractivity contribution in [2.45, 2.75) is 19.8 Å². The molecule has 1 aliphatic rings. The third-order valence-corrected chi connectivity index (χ3v) is 5.17. The molecule has 0 bridgehead atoms. The number of hydrogen-bond donors (Lipinski definition) is 0. The number of halogens is 1. The summed E-state index contributed by atoms with van der Waals surface area (Å²) < 4.78 is 16.2. The van der Waals surface area contributed by atoms with Gasteiger partial charge in [0.1, 0.15) is 6.54 Å². The molecule has 0 N–H and O–H groups in total. The molecule has 0 spiro atoms. The summed E-state index contributed by atoms with van der Waals surface area (Å²) in [5, 5.41) is -0.502. The molecule has 1 heterocycles. The van der Waals surface area contributed by atoms with Gasteiger partial charge in [0.25, 0.3) is 11.1 Å². The Kier molecular flexibility index (Phi) is 7.73. The highest BCUT2D eigenvalue weighted by atomic mass is 79.9. The summed E-state index contributed by atoms with van der Waals surface area (Å²) in [6.07, 6.45) is 3.19. The summed E-state index contributed by atoms with van der Waals surface area (Å²) in [7, 11) is 3.03. The van der Waals surface area contributed by atoms with Crippen LogP contribution in [0.25, 0.3) is 6.08 Å². The molecule has 0 aromatic heterocycles. The number of nitrogens with zero attached hydrogens (tertiary/aromatic N) is 1. The van der Waals surface area contributed by atoms with Crippen LogP contribution in [0.15, 0.2) is 21.5 Å². The highest BCUT2D eigenvalue weighted by molar-refractivity contribution is 9.10. The van der Waals surface area contributed by atoms with Gasteiger partial charge in [0, 0.05) is 0 Å². The minimum absolute atomic E-state index is 0.223. The fraction of sp³-hybridized carbons (Fsp3) is 0.389. The van der Waals surface area contributed by atoms with Gasteiger partial charge >= 0.3 is 5.97 Å². The summed E-state index contributed by atoms with van der Waals surface area (Å²) in [6.45, 7) is 1.87. The SMILES string of the molecule is CCCCOC(=O)CN1C(=O)S/C(=C/c2cc(Br)c(OC)c(OC)c2)C1=O. The molecule has 2 amide bonds. The van der Waals surface area contributed by atoms with Crippen molar-refractivity contribution in [3.05, 3.63) is 27.1 Å². The average Bonchev–Trinajstić information content (AvgIpc) is 2.88. The molecule has 0 saturated carbocycles. The molecule has 2 rings (SSSR count). The van der Waals surface area contributed by atoms with Gasteiger partial charge in [-0.15, -0.1) is 0 Å². The monoisotopic (exact) mass is 457 g/mol. The van der Waals surface area contributed by atoms with Crippen LogP contribution in [0, 0.1) is 0 Å². The number of carbonyl (C=O) groups is 3. The summed E-state index contributed by atoms with van der Waals surface area (Å²) in [6, 6.07) is 3.44. The van der Waals surface area contributed by atoms with Crippen molar-refractivity contribution in [2.24, 2.45) is 0 Å². The van der Waals surface area contributed by atoms with Crippen molar-refractivity contribution in [3.63, 3.8) is 0 Å². The molecule has 7 nitrogen and oxygen atoms in total. The summed E-state index contributed by atoms with van der Waals surface area (Å²) in [5.74, 6) is -0.112. The van der Waals surface area contributed by atoms with Gasteiger partial charge in [0.05, 0.1) is 30.2 Å². The summed E-state index contributed by atoms with van der Waals surface area (Å²) in [5.41, 5.74) is 0.649. The molecule has 1 aromatic carbocycles. The first-order valence-electron chi connectivity index (χ1n) is 8.23. The van der Waals surface area contributed by atoms with E-state index >= 15 is 0 Å². The maximum absolute atomic E-state index is 12.5. The molecule has 0 unspecified atom stereocenters. The number of imide groups is 1. The Morgan fingerprint density at radius 1 is 1.26 bits per heavy atom. The lowest BCUT2D eigenvalue weighted by atomic mass is 10.2. The van der Waals surface area contributed by atoms with Gasteiger partial charge in [-0.25, -0.2) is 0 Å². The molecular weight excluding hydrogens is 438 g/mol. The normalized spacial score (nSPS) is 15.4. The van der Waals surface area contributed by atoms with Gasteiger partial charge in [0.2, 0.25) is 0 Å². The van der Waals surface area contributed by atoms with E-state index in [0.29, 0.717) is 21.5 Å². The van der Waals surface area contributed by atoms with E-state index in [1.165, 1.54) is 14.2 Å². The maximum Gasteiger partial charge on any atom is 0.326 e. The summed E-state index contributed by atoms with van der Waals surface area (Å²) in [4.78, 5) is 37.5. The van der Waals surface area contributed by atoms with Crippen molar-refractivity contribution in [3.8, 4) is 11.5 Å². The Bertz CT molecular complexity index is 779. The molecule has 1 saturated heterocycles.